The van der Waals surface area contributed by atoms with Crippen LogP contribution in [0.4, 0.5) is 0 Å². The van der Waals surface area contributed by atoms with Gasteiger partial charge < -0.3 is 8.98 Å². The molecule has 0 aliphatic heterocycles. The standard InChI is InChI=1S/C59H34N4OS/c1-2-14-35(15-3-1)36-26-28-37(29-27-36)57-60-58(40-30-31-52-47(33-40)42-19-10-13-25-51(42)65-52)62-59(61-57)54-43-20-6-7-21-44(43)55(56-53(54)45-22-9-12-24-50(45)64-56)63-48-23-11-8-18-41(48)46-32-38-16-4-5-17-39(38)34-49(46)63/h1-34H. The van der Waals surface area contributed by atoms with Gasteiger partial charge in [-0.3, -0.25) is 0 Å². The van der Waals surface area contributed by atoms with Crippen LogP contribution in [-0.2, 0) is 0 Å². The highest BCUT2D eigenvalue weighted by atomic mass is 32.1. The largest absolute Gasteiger partial charge is 0.454 e. The minimum absolute atomic E-state index is 0.583. The molecule has 65 heavy (non-hydrogen) atoms. The predicted octanol–water partition coefficient (Wildman–Crippen LogP) is 16.2. The molecular formula is C59H34N4OS. The van der Waals surface area contributed by atoms with Crippen LogP contribution < -0.4 is 0 Å². The molecule has 0 spiro atoms. The van der Waals surface area contributed by atoms with Crippen LogP contribution in [0.1, 0.15) is 0 Å². The van der Waals surface area contributed by atoms with Crippen LogP contribution in [-0.4, -0.2) is 19.5 Å². The molecule has 4 heterocycles. The highest BCUT2D eigenvalue weighted by Crippen LogP contribution is 2.48. The fourth-order valence-corrected chi connectivity index (χ4v) is 11.1. The van der Waals surface area contributed by atoms with Crippen LogP contribution >= 0.6 is 11.3 Å². The second kappa shape index (κ2) is 14.0. The topological polar surface area (TPSA) is 56.7 Å². The Labute approximate surface area is 376 Å². The van der Waals surface area contributed by atoms with Crippen LogP contribution in [0.15, 0.2) is 211 Å². The molecule has 10 aromatic carbocycles. The molecule has 4 aromatic heterocycles. The number of rotatable bonds is 5. The molecule has 0 saturated heterocycles. The molecule has 0 unspecified atom stereocenters. The molecule has 14 rings (SSSR count). The molecule has 0 atom stereocenters. The maximum atomic E-state index is 7.14. The van der Waals surface area contributed by atoms with E-state index in [-0.39, 0.29) is 0 Å². The third-order valence-corrected chi connectivity index (χ3v) is 14.2. The second-order valence-corrected chi connectivity index (χ2v) is 17.8. The number of aromatic nitrogens is 4. The summed E-state index contributed by atoms with van der Waals surface area (Å²) in [6.45, 7) is 0. The van der Waals surface area contributed by atoms with Gasteiger partial charge in [0.25, 0.3) is 0 Å². The average molecular weight is 847 g/mol. The maximum absolute atomic E-state index is 7.14. The molecule has 0 aliphatic rings. The van der Waals surface area contributed by atoms with Gasteiger partial charge in [-0.1, -0.05) is 158 Å². The van der Waals surface area contributed by atoms with Crippen molar-refractivity contribution < 1.29 is 4.42 Å². The van der Waals surface area contributed by atoms with Crippen molar-refractivity contribution in [2.24, 2.45) is 0 Å². The van der Waals surface area contributed by atoms with Gasteiger partial charge in [-0.15, -0.1) is 11.3 Å². The number of hydrogen-bond donors (Lipinski definition) is 0. The van der Waals surface area contributed by atoms with Crippen molar-refractivity contribution in [1.82, 2.24) is 19.5 Å². The van der Waals surface area contributed by atoms with E-state index in [1.165, 1.54) is 41.7 Å². The first-order chi connectivity index (χ1) is 32.2. The van der Waals surface area contributed by atoms with Crippen LogP contribution in [0.5, 0.6) is 0 Å². The molecule has 6 heteroatoms. The summed E-state index contributed by atoms with van der Waals surface area (Å²) in [7, 11) is 0. The van der Waals surface area contributed by atoms with E-state index in [1.54, 1.807) is 11.3 Å². The lowest BCUT2D eigenvalue weighted by Crippen LogP contribution is -2.03. The number of nitrogens with zero attached hydrogens (tertiary/aromatic N) is 4. The van der Waals surface area contributed by atoms with Crippen molar-refractivity contribution in [3.8, 4) is 51.0 Å². The maximum Gasteiger partial charge on any atom is 0.165 e. The van der Waals surface area contributed by atoms with Crippen LogP contribution in [0.2, 0.25) is 0 Å². The highest BCUT2D eigenvalue weighted by Gasteiger charge is 2.27. The minimum atomic E-state index is 0.583. The number of benzene rings is 10. The summed E-state index contributed by atoms with van der Waals surface area (Å²) in [5.74, 6) is 1.79. The molecule has 0 bridgehead atoms. The lowest BCUT2D eigenvalue weighted by molar-refractivity contribution is 0.667. The van der Waals surface area contributed by atoms with E-state index in [0.29, 0.717) is 17.5 Å². The van der Waals surface area contributed by atoms with Crippen molar-refractivity contribution in [3.63, 3.8) is 0 Å². The Balaban J connectivity index is 1.09. The van der Waals surface area contributed by atoms with Crippen molar-refractivity contribution in [1.29, 1.82) is 0 Å². The summed E-state index contributed by atoms with van der Waals surface area (Å²) in [6, 6.07) is 73.1. The predicted molar refractivity (Wildman–Crippen MR) is 271 cm³/mol. The summed E-state index contributed by atoms with van der Waals surface area (Å²) >= 11 is 1.81. The van der Waals surface area contributed by atoms with Crippen LogP contribution in [0.3, 0.4) is 0 Å². The Morgan fingerprint density at radius 1 is 0.369 bits per heavy atom. The normalized spacial score (nSPS) is 12.0. The third kappa shape index (κ3) is 5.54. The second-order valence-electron chi connectivity index (χ2n) is 16.7. The van der Waals surface area contributed by atoms with Gasteiger partial charge in [0, 0.05) is 63.8 Å². The van der Waals surface area contributed by atoms with E-state index in [2.05, 4.69) is 199 Å². The molecule has 0 saturated carbocycles. The summed E-state index contributed by atoms with van der Waals surface area (Å²) in [5.41, 5.74) is 9.81. The van der Waals surface area contributed by atoms with Gasteiger partial charge in [0.1, 0.15) is 5.58 Å². The quantitative estimate of drug-likeness (QED) is 0.173. The minimum Gasteiger partial charge on any atom is -0.454 e. The Kier molecular flexibility index (Phi) is 7.79. The Bertz CT molecular complexity index is 4240. The average Bonchev–Trinajstić information content (AvgIpc) is 4.04. The zero-order valence-electron chi connectivity index (χ0n) is 34.7. The number of thiophene rings is 1. The number of para-hydroxylation sites is 2. The Hall–Kier alpha value is -8.45. The fraction of sp³-hybridized carbons (Fsp3) is 0. The summed E-state index contributed by atoms with van der Waals surface area (Å²) in [5, 5.41) is 11.2. The first kappa shape index (κ1) is 36.1. The van der Waals surface area contributed by atoms with Crippen molar-refractivity contribution >= 4 is 96.8 Å². The Morgan fingerprint density at radius 2 is 0.954 bits per heavy atom. The van der Waals surface area contributed by atoms with Crippen molar-refractivity contribution in [2.45, 2.75) is 0 Å². The van der Waals surface area contributed by atoms with Crippen LogP contribution in [0.25, 0.3) is 136 Å². The smallest absolute Gasteiger partial charge is 0.165 e. The zero-order valence-corrected chi connectivity index (χ0v) is 35.6. The van der Waals surface area contributed by atoms with Crippen molar-refractivity contribution in [2.75, 3.05) is 0 Å². The first-order valence-electron chi connectivity index (χ1n) is 21.8. The first-order valence-corrected chi connectivity index (χ1v) is 22.7. The fourth-order valence-electron chi connectivity index (χ4n) is 10.0. The molecule has 0 amide bonds. The highest BCUT2D eigenvalue weighted by molar-refractivity contribution is 7.25. The van der Waals surface area contributed by atoms with E-state index in [4.69, 9.17) is 19.4 Å². The molecule has 5 nitrogen and oxygen atoms in total. The molecular weight excluding hydrogens is 813 g/mol. The Morgan fingerprint density at radius 3 is 1.78 bits per heavy atom. The SMILES string of the molecule is c1ccc(-c2ccc(-c3nc(-c4ccc5sc6ccccc6c5c4)nc(-c4c5ccccc5c(-n5c6ccccc6c6cc7ccccc7cc65)c5oc6ccccc6c45)n3)cc2)cc1. The van der Waals surface area contributed by atoms with Gasteiger partial charge in [0.2, 0.25) is 0 Å². The van der Waals surface area contributed by atoms with Gasteiger partial charge in [-0.2, -0.15) is 0 Å². The van der Waals surface area contributed by atoms with E-state index >= 15 is 0 Å². The zero-order chi connectivity index (χ0) is 42.6. The lowest BCUT2D eigenvalue weighted by atomic mass is 9.95. The number of fused-ring (bicyclic) bond motifs is 11. The van der Waals surface area contributed by atoms with Gasteiger partial charge in [-0.05, 0) is 75.8 Å². The molecule has 0 aliphatic carbocycles. The third-order valence-electron chi connectivity index (χ3n) is 13.0. The molecule has 0 radical (unpaired) electrons. The summed E-state index contributed by atoms with van der Waals surface area (Å²) < 4.78 is 12.0. The van der Waals surface area contributed by atoms with Gasteiger partial charge in [0.15, 0.2) is 23.1 Å². The van der Waals surface area contributed by atoms with E-state index < -0.39 is 0 Å². The van der Waals surface area contributed by atoms with Gasteiger partial charge in [-0.25, -0.2) is 15.0 Å². The van der Waals surface area contributed by atoms with Crippen molar-refractivity contribution in [3.05, 3.63) is 206 Å². The lowest BCUT2D eigenvalue weighted by Gasteiger charge is -2.17. The van der Waals surface area contributed by atoms with E-state index in [0.717, 1.165) is 77.2 Å². The molecule has 14 aromatic rings. The molecule has 0 N–H and O–H groups in total. The monoisotopic (exact) mass is 846 g/mol. The van der Waals surface area contributed by atoms with E-state index in [1.807, 2.05) is 12.1 Å². The van der Waals surface area contributed by atoms with Gasteiger partial charge in [0.05, 0.1) is 16.7 Å². The van der Waals surface area contributed by atoms with Gasteiger partial charge >= 0.3 is 0 Å². The number of furan rings is 1. The number of hydrogen-bond acceptors (Lipinski definition) is 5. The summed E-state index contributed by atoms with van der Waals surface area (Å²) in [6.07, 6.45) is 0. The van der Waals surface area contributed by atoms with E-state index in [9.17, 15) is 0 Å². The molecule has 302 valence electrons. The summed E-state index contributed by atoms with van der Waals surface area (Å²) in [4.78, 5) is 16.2. The molecule has 0 fully saturated rings. The van der Waals surface area contributed by atoms with Crippen LogP contribution in [0, 0.1) is 0 Å².